The summed E-state index contributed by atoms with van der Waals surface area (Å²) in [5, 5.41) is 0. The van der Waals surface area contributed by atoms with Gasteiger partial charge in [0.05, 0.1) is 5.41 Å². The quantitative estimate of drug-likeness (QED) is 0.459. The Labute approximate surface area is 61.2 Å². The van der Waals surface area contributed by atoms with Gasteiger partial charge in [-0.15, -0.1) is 0 Å². The summed E-state index contributed by atoms with van der Waals surface area (Å²) in [6.45, 7) is 5.12. The number of carbonyl (C=O) groups excluding carboxylic acids is 1. The molecule has 0 aromatic rings. The molecule has 10 heavy (non-hydrogen) atoms. The van der Waals surface area contributed by atoms with Gasteiger partial charge in [0.25, 0.3) is 0 Å². The van der Waals surface area contributed by atoms with Crippen LogP contribution in [0.1, 0.15) is 26.7 Å². The molecule has 2 aliphatic heterocycles. The van der Waals surface area contributed by atoms with Gasteiger partial charge in [-0.3, -0.25) is 4.79 Å². The Hall–Kier alpha value is -0.530. The number of rotatable bonds is 0. The molecule has 0 aromatic heterocycles. The monoisotopic (exact) mass is 139 g/mol. The molecular weight excluding hydrogens is 126 g/mol. The van der Waals surface area contributed by atoms with E-state index in [1.165, 1.54) is 12.8 Å². The number of hydrogen-bond acceptors (Lipinski definition) is 1. The molecule has 0 N–H and O–H groups in total. The van der Waals surface area contributed by atoms with Crippen LogP contribution in [-0.2, 0) is 4.79 Å². The molecule has 2 nitrogen and oxygen atoms in total. The average molecular weight is 139 g/mol. The Morgan fingerprint density at radius 3 is 2.90 bits per heavy atom. The molecule has 2 saturated heterocycles. The van der Waals surface area contributed by atoms with Crippen molar-refractivity contribution in [2.75, 3.05) is 6.54 Å². The van der Waals surface area contributed by atoms with Crippen molar-refractivity contribution in [2.45, 2.75) is 32.7 Å². The van der Waals surface area contributed by atoms with Gasteiger partial charge >= 0.3 is 0 Å². The van der Waals surface area contributed by atoms with Crippen LogP contribution in [0.25, 0.3) is 0 Å². The zero-order chi connectivity index (χ0) is 7.35. The van der Waals surface area contributed by atoms with E-state index in [-0.39, 0.29) is 5.41 Å². The van der Waals surface area contributed by atoms with E-state index in [0.717, 1.165) is 6.54 Å². The molecule has 2 aliphatic rings. The fraction of sp³-hybridized carbons (Fsp3) is 0.875. The summed E-state index contributed by atoms with van der Waals surface area (Å²) in [6.07, 6.45) is 2.43. The standard InChI is InChI=1S/C8H13NO/c1-8(2)6-4-3-5-9(6)7(8)10/h6H,3-5H2,1-2H3. The summed E-state index contributed by atoms with van der Waals surface area (Å²) in [4.78, 5) is 13.3. The van der Waals surface area contributed by atoms with Gasteiger partial charge in [0, 0.05) is 12.6 Å². The van der Waals surface area contributed by atoms with Crippen molar-refractivity contribution >= 4 is 5.91 Å². The highest BCUT2D eigenvalue weighted by molar-refractivity contribution is 5.89. The van der Waals surface area contributed by atoms with Crippen LogP contribution in [0, 0.1) is 5.41 Å². The van der Waals surface area contributed by atoms with Crippen LogP contribution in [-0.4, -0.2) is 23.4 Å². The Morgan fingerprint density at radius 2 is 2.30 bits per heavy atom. The highest BCUT2D eigenvalue weighted by Crippen LogP contribution is 2.44. The van der Waals surface area contributed by atoms with E-state index in [9.17, 15) is 4.79 Å². The first-order valence-electron chi connectivity index (χ1n) is 3.95. The number of amides is 1. The summed E-state index contributed by atoms with van der Waals surface area (Å²) in [7, 11) is 0. The van der Waals surface area contributed by atoms with E-state index >= 15 is 0 Å². The van der Waals surface area contributed by atoms with Crippen molar-refractivity contribution in [3.63, 3.8) is 0 Å². The molecule has 0 aliphatic carbocycles. The van der Waals surface area contributed by atoms with E-state index in [4.69, 9.17) is 0 Å². The smallest absolute Gasteiger partial charge is 0.230 e. The third-order valence-corrected chi connectivity index (χ3v) is 2.90. The topological polar surface area (TPSA) is 20.3 Å². The minimum absolute atomic E-state index is 0.0312. The van der Waals surface area contributed by atoms with Gasteiger partial charge in [-0.25, -0.2) is 0 Å². The number of hydrogen-bond donors (Lipinski definition) is 0. The molecule has 2 heterocycles. The molecular formula is C8H13NO. The van der Waals surface area contributed by atoms with Crippen LogP contribution in [0.4, 0.5) is 0 Å². The highest BCUT2D eigenvalue weighted by atomic mass is 16.2. The number of nitrogens with zero attached hydrogens (tertiary/aromatic N) is 1. The molecule has 0 bridgehead atoms. The van der Waals surface area contributed by atoms with Crippen molar-refractivity contribution in [3.05, 3.63) is 0 Å². The second-order valence-corrected chi connectivity index (χ2v) is 3.88. The van der Waals surface area contributed by atoms with E-state index in [1.807, 2.05) is 4.90 Å². The molecule has 2 fully saturated rings. The number of carbonyl (C=O) groups is 1. The molecule has 1 unspecified atom stereocenters. The molecule has 2 rings (SSSR count). The molecule has 1 atom stereocenters. The Morgan fingerprint density at radius 1 is 1.60 bits per heavy atom. The Bertz CT molecular complexity index is 186. The van der Waals surface area contributed by atoms with Gasteiger partial charge in [0.2, 0.25) is 5.91 Å². The molecule has 0 saturated carbocycles. The third-order valence-electron chi connectivity index (χ3n) is 2.90. The summed E-state index contributed by atoms with van der Waals surface area (Å²) < 4.78 is 0. The molecule has 2 heteroatoms. The first-order valence-corrected chi connectivity index (χ1v) is 3.95. The van der Waals surface area contributed by atoms with E-state index in [0.29, 0.717) is 11.9 Å². The maximum atomic E-state index is 11.3. The summed E-state index contributed by atoms with van der Waals surface area (Å²) in [5.41, 5.74) is -0.0312. The number of fused-ring (bicyclic) bond motifs is 1. The van der Waals surface area contributed by atoms with Crippen molar-refractivity contribution in [3.8, 4) is 0 Å². The van der Waals surface area contributed by atoms with Crippen LogP contribution in [0.5, 0.6) is 0 Å². The Kier molecular flexibility index (Phi) is 0.960. The SMILES string of the molecule is CC1(C)C(=O)N2CCCC21. The third kappa shape index (κ3) is 0.482. The lowest BCUT2D eigenvalue weighted by Gasteiger charge is -2.49. The predicted molar refractivity (Wildman–Crippen MR) is 38.5 cm³/mol. The van der Waals surface area contributed by atoms with Crippen molar-refractivity contribution < 1.29 is 4.79 Å². The molecule has 0 spiro atoms. The summed E-state index contributed by atoms with van der Waals surface area (Å²) in [6, 6.07) is 0.569. The maximum Gasteiger partial charge on any atom is 0.230 e. The van der Waals surface area contributed by atoms with Crippen molar-refractivity contribution in [1.82, 2.24) is 4.90 Å². The minimum Gasteiger partial charge on any atom is -0.338 e. The Balaban J connectivity index is 2.23. The van der Waals surface area contributed by atoms with E-state index in [2.05, 4.69) is 13.8 Å². The molecule has 0 aromatic carbocycles. The van der Waals surface area contributed by atoms with Gasteiger partial charge in [0.15, 0.2) is 0 Å². The summed E-state index contributed by atoms with van der Waals surface area (Å²) in [5.74, 6) is 0.356. The summed E-state index contributed by atoms with van der Waals surface area (Å²) >= 11 is 0. The fourth-order valence-electron chi connectivity index (χ4n) is 2.21. The van der Waals surface area contributed by atoms with Gasteiger partial charge in [-0.2, -0.15) is 0 Å². The van der Waals surface area contributed by atoms with Gasteiger partial charge in [-0.1, -0.05) is 0 Å². The second kappa shape index (κ2) is 1.55. The maximum absolute atomic E-state index is 11.3. The van der Waals surface area contributed by atoms with Crippen LogP contribution in [0.3, 0.4) is 0 Å². The zero-order valence-electron chi connectivity index (χ0n) is 6.55. The lowest BCUT2D eigenvalue weighted by atomic mass is 9.74. The van der Waals surface area contributed by atoms with Gasteiger partial charge in [-0.05, 0) is 26.7 Å². The van der Waals surface area contributed by atoms with E-state index < -0.39 is 0 Å². The van der Waals surface area contributed by atoms with Crippen LogP contribution in [0.15, 0.2) is 0 Å². The van der Waals surface area contributed by atoms with Crippen LogP contribution >= 0.6 is 0 Å². The minimum atomic E-state index is -0.0312. The lowest BCUT2D eigenvalue weighted by Crippen LogP contribution is -2.63. The largest absolute Gasteiger partial charge is 0.338 e. The molecule has 1 amide bonds. The predicted octanol–water partition coefficient (Wildman–Crippen LogP) is 1.02. The molecule has 0 radical (unpaired) electrons. The van der Waals surface area contributed by atoms with Crippen LogP contribution in [0.2, 0.25) is 0 Å². The van der Waals surface area contributed by atoms with Gasteiger partial charge < -0.3 is 4.90 Å². The fourth-order valence-corrected chi connectivity index (χ4v) is 2.21. The van der Waals surface area contributed by atoms with Crippen molar-refractivity contribution in [2.24, 2.45) is 5.41 Å². The molecule has 56 valence electrons. The average Bonchev–Trinajstić information content (AvgIpc) is 2.31. The van der Waals surface area contributed by atoms with Crippen molar-refractivity contribution in [1.29, 1.82) is 0 Å². The number of β-lactam (4-membered cyclic amide) rings is 1. The highest BCUT2D eigenvalue weighted by Gasteiger charge is 2.55. The zero-order valence-corrected chi connectivity index (χ0v) is 6.55. The van der Waals surface area contributed by atoms with Crippen LogP contribution < -0.4 is 0 Å². The first-order chi connectivity index (χ1) is 4.64. The van der Waals surface area contributed by atoms with Gasteiger partial charge in [0.1, 0.15) is 0 Å². The first kappa shape index (κ1) is 6.20. The lowest BCUT2D eigenvalue weighted by molar-refractivity contribution is -0.162. The van der Waals surface area contributed by atoms with E-state index in [1.54, 1.807) is 0 Å². The normalized spacial score (nSPS) is 35.6. The second-order valence-electron chi connectivity index (χ2n) is 3.88.